The molecule has 192 valence electrons. The van der Waals surface area contributed by atoms with Crippen LogP contribution in [0.2, 0.25) is 0 Å². The van der Waals surface area contributed by atoms with Crippen molar-refractivity contribution >= 4 is 32.4 Å². The molecule has 0 saturated heterocycles. The number of hydrogen-bond acceptors (Lipinski definition) is 5. The van der Waals surface area contributed by atoms with Crippen LogP contribution in [0.4, 0.5) is 5.69 Å². The Labute approximate surface area is 217 Å². The second-order valence-corrected chi connectivity index (χ2v) is 10.3. The molecule has 0 aliphatic carbocycles. The summed E-state index contributed by atoms with van der Waals surface area (Å²) in [5.74, 6) is 0.624. The van der Waals surface area contributed by atoms with Crippen molar-refractivity contribution in [1.82, 2.24) is 5.32 Å². The lowest BCUT2D eigenvalue weighted by atomic mass is 10.1. The average Bonchev–Trinajstić information content (AvgIpc) is 2.90. The molecule has 0 radical (unpaired) electrons. The average molecular weight is 519 g/mol. The first-order valence-electron chi connectivity index (χ1n) is 12.1. The zero-order valence-electron chi connectivity index (χ0n) is 20.9. The molecule has 0 heterocycles. The van der Waals surface area contributed by atoms with Gasteiger partial charge in [-0.2, -0.15) is 0 Å². The smallest absolute Gasteiger partial charge is 0.264 e. The van der Waals surface area contributed by atoms with Gasteiger partial charge in [-0.05, 0) is 61.0 Å². The largest absolute Gasteiger partial charge is 0.492 e. The van der Waals surface area contributed by atoms with Crippen LogP contribution in [-0.4, -0.2) is 40.6 Å². The van der Waals surface area contributed by atoms with Gasteiger partial charge in [-0.25, -0.2) is 8.42 Å². The Hall–Kier alpha value is -4.04. The van der Waals surface area contributed by atoms with Crippen LogP contribution in [0.15, 0.2) is 95.9 Å². The second-order valence-electron chi connectivity index (χ2n) is 8.43. The van der Waals surface area contributed by atoms with Crippen LogP contribution in [0, 0.1) is 6.92 Å². The van der Waals surface area contributed by atoms with E-state index in [1.165, 1.54) is 12.1 Å². The molecule has 4 aromatic rings. The van der Waals surface area contributed by atoms with E-state index in [1.807, 2.05) is 56.3 Å². The number of amides is 1. The highest BCUT2D eigenvalue weighted by atomic mass is 32.2. The predicted molar refractivity (Wildman–Crippen MR) is 146 cm³/mol. The maximum absolute atomic E-state index is 13.6. The van der Waals surface area contributed by atoms with E-state index in [1.54, 1.807) is 36.4 Å². The number of carbonyl (C=O) groups is 1. The zero-order valence-corrected chi connectivity index (χ0v) is 21.7. The molecule has 0 atom stereocenters. The second kappa shape index (κ2) is 11.8. The first-order chi connectivity index (χ1) is 17.9. The number of nitrogens with zero attached hydrogens (tertiary/aromatic N) is 1. The number of rotatable bonds is 11. The Kier molecular flexibility index (Phi) is 8.30. The predicted octanol–water partition coefficient (Wildman–Crippen LogP) is 4.94. The van der Waals surface area contributed by atoms with Crippen molar-refractivity contribution in [3.05, 3.63) is 96.6 Å². The lowest BCUT2D eigenvalue weighted by Gasteiger charge is -2.26. The normalized spacial score (nSPS) is 11.2. The first-order valence-corrected chi connectivity index (χ1v) is 13.5. The standard InChI is InChI=1S/C29H30N2O5S/c1-3-35-28-11-7-6-10-27(28)31(37(33,34)26-16-12-22(2)13-17-26)21-29(32)30-18-19-36-25-15-14-23-8-4-5-9-24(23)20-25/h4-17,20H,3,18-19,21H2,1-2H3,(H,30,32). The molecule has 0 fully saturated rings. The summed E-state index contributed by atoms with van der Waals surface area (Å²) in [6, 6.07) is 27.1. The van der Waals surface area contributed by atoms with Crippen molar-refractivity contribution in [2.45, 2.75) is 18.7 Å². The molecule has 4 aromatic carbocycles. The van der Waals surface area contributed by atoms with Crippen LogP contribution in [0.1, 0.15) is 12.5 Å². The Morgan fingerprint density at radius 3 is 2.32 bits per heavy atom. The molecule has 8 heteroatoms. The van der Waals surface area contributed by atoms with Crippen molar-refractivity contribution in [2.24, 2.45) is 0 Å². The van der Waals surface area contributed by atoms with E-state index >= 15 is 0 Å². The lowest BCUT2D eigenvalue weighted by Crippen LogP contribution is -2.42. The Morgan fingerprint density at radius 1 is 0.865 bits per heavy atom. The van der Waals surface area contributed by atoms with Gasteiger partial charge in [0, 0.05) is 0 Å². The Bertz CT molecular complexity index is 1470. The van der Waals surface area contributed by atoms with Crippen LogP contribution >= 0.6 is 0 Å². The minimum absolute atomic E-state index is 0.0943. The number of benzene rings is 4. The van der Waals surface area contributed by atoms with E-state index < -0.39 is 22.5 Å². The highest BCUT2D eigenvalue weighted by Crippen LogP contribution is 2.32. The van der Waals surface area contributed by atoms with Crippen LogP contribution in [-0.2, 0) is 14.8 Å². The van der Waals surface area contributed by atoms with Gasteiger partial charge in [-0.3, -0.25) is 9.10 Å². The summed E-state index contributed by atoms with van der Waals surface area (Å²) in [6.07, 6.45) is 0. The molecule has 0 saturated carbocycles. The number of anilines is 1. The minimum atomic E-state index is -4.04. The van der Waals surface area contributed by atoms with Crippen LogP contribution in [0.3, 0.4) is 0 Å². The van der Waals surface area contributed by atoms with Gasteiger partial charge in [0.25, 0.3) is 10.0 Å². The van der Waals surface area contributed by atoms with Crippen molar-refractivity contribution in [1.29, 1.82) is 0 Å². The third-order valence-corrected chi connectivity index (χ3v) is 7.52. The number of carbonyl (C=O) groups excluding carboxylic acids is 1. The third-order valence-electron chi connectivity index (χ3n) is 5.74. The molecule has 0 unspecified atom stereocenters. The van der Waals surface area contributed by atoms with E-state index in [0.717, 1.165) is 20.6 Å². The van der Waals surface area contributed by atoms with Crippen LogP contribution in [0.25, 0.3) is 10.8 Å². The van der Waals surface area contributed by atoms with Gasteiger partial charge in [0.1, 0.15) is 24.7 Å². The molecular weight excluding hydrogens is 488 g/mol. The molecule has 0 bridgehead atoms. The van der Waals surface area contributed by atoms with Crippen LogP contribution < -0.4 is 19.1 Å². The summed E-state index contributed by atoms with van der Waals surface area (Å²) in [5.41, 5.74) is 1.23. The van der Waals surface area contributed by atoms with Gasteiger partial charge in [-0.15, -0.1) is 0 Å². The number of para-hydroxylation sites is 2. The van der Waals surface area contributed by atoms with Crippen molar-refractivity contribution < 1.29 is 22.7 Å². The number of nitrogens with one attached hydrogen (secondary N) is 1. The van der Waals surface area contributed by atoms with Crippen molar-refractivity contribution in [3.63, 3.8) is 0 Å². The number of sulfonamides is 1. The fourth-order valence-corrected chi connectivity index (χ4v) is 5.31. The van der Waals surface area contributed by atoms with Crippen molar-refractivity contribution in [2.75, 3.05) is 30.6 Å². The Balaban J connectivity index is 1.47. The lowest BCUT2D eigenvalue weighted by molar-refractivity contribution is -0.119. The van der Waals surface area contributed by atoms with Gasteiger partial charge < -0.3 is 14.8 Å². The molecule has 4 rings (SSSR count). The van der Waals surface area contributed by atoms with E-state index in [2.05, 4.69) is 5.32 Å². The number of fused-ring (bicyclic) bond motifs is 1. The van der Waals surface area contributed by atoms with Gasteiger partial charge >= 0.3 is 0 Å². The topological polar surface area (TPSA) is 84.9 Å². The molecule has 1 amide bonds. The molecule has 37 heavy (non-hydrogen) atoms. The maximum Gasteiger partial charge on any atom is 0.264 e. The van der Waals surface area contributed by atoms with Crippen molar-refractivity contribution in [3.8, 4) is 11.5 Å². The zero-order chi connectivity index (χ0) is 26.3. The fraction of sp³-hybridized carbons (Fsp3) is 0.207. The van der Waals surface area contributed by atoms with Gasteiger partial charge in [0.05, 0.1) is 23.7 Å². The quantitative estimate of drug-likeness (QED) is 0.285. The summed E-state index contributed by atoms with van der Waals surface area (Å²) in [6.45, 7) is 4.11. The number of hydrogen-bond donors (Lipinski definition) is 1. The molecule has 0 aliphatic heterocycles. The van der Waals surface area contributed by atoms with E-state index in [4.69, 9.17) is 9.47 Å². The van der Waals surface area contributed by atoms with E-state index in [0.29, 0.717) is 23.8 Å². The monoisotopic (exact) mass is 518 g/mol. The number of aryl methyl sites for hydroxylation is 1. The van der Waals surface area contributed by atoms with Gasteiger partial charge in [0.2, 0.25) is 5.91 Å². The molecule has 0 spiro atoms. The minimum Gasteiger partial charge on any atom is -0.492 e. The maximum atomic E-state index is 13.6. The molecule has 0 aliphatic rings. The fourth-order valence-electron chi connectivity index (χ4n) is 3.88. The van der Waals surface area contributed by atoms with E-state index in [9.17, 15) is 13.2 Å². The van der Waals surface area contributed by atoms with Crippen LogP contribution in [0.5, 0.6) is 11.5 Å². The molecular formula is C29H30N2O5S. The molecule has 1 N–H and O–H groups in total. The Morgan fingerprint density at radius 2 is 1.57 bits per heavy atom. The van der Waals surface area contributed by atoms with Gasteiger partial charge in [-0.1, -0.05) is 60.2 Å². The summed E-state index contributed by atoms with van der Waals surface area (Å²) in [5, 5.41) is 4.94. The molecule has 0 aromatic heterocycles. The number of ether oxygens (including phenoxy) is 2. The molecule has 7 nitrogen and oxygen atoms in total. The highest BCUT2D eigenvalue weighted by Gasteiger charge is 2.29. The summed E-state index contributed by atoms with van der Waals surface area (Å²) < 4.78 is 39.8. The summed E-state index contributed by atoms with van der Waals surface area (Å²) in [7, 11) is -4.04. The third kappa shape index (κ3) is 6.40. The summed E-state index contributed by atoms with van der Waals surface area (Å²) >= 11 is 0. The van der Waals surface area contributed by atoms with Gasteiger partial charge in [0.15, 0.2) is 0 Å². The first kappa shape index (κ1) is 26.0. The highest BCUT2D eigenvalue weighted by molar-refractivity contribution is 7.92. The van der Waals surface area contributed by atoms with E-state index in [-0.39, 0.29) is 18.0 Å². The summed E-state index contributed by atoms with van der Waals surface area (Å²) in [4.78, 5) is 13.0. The SMILES string of the molecule is CCOc1ccccc1N(CC(=O)NCCOc1ccc2ccccc2c1)S(=O)(=O)c1ccc(C)cc1.